The zero-order valence-corrected chi connectivity index (χ0v) is 13.1. The average Bonchev–Trinajstić information content (AvgIpc) is 2.39. The molecule has 0 aromatic heterocycles. The Morgan fingerprint density at radius 1 is 0.842 bits per heavy atom. The van der Waals surface area contributed by atoms with E-state index >= 15 is 0 Å². The van der Waals surface area contributed by atoms with Gasteiger partial charge in [0.05, 0.1) is 0 Å². The van der Waals surface area contributed by atoms with Gasteiger partial charge in [-0.15, -0.1) is 4.58 Å². The van der Waals surface area contributed by atoms with Crippen molar-refractivity contribution in [2.45, 2.75) is 90.4 Å². The third-order valence-electron chi connectivity index (χ3n) is 3.45. The van der Waals surface area contributed by atoms with Crippen LogP contribution in [0, 0.1) is 0 Å². The summed E-state index contributed by atoms with van der Waals surface area (Å²) in [6, 6.07) is 0. The smallest absolute Gasteiger partial charge is 0.261 e. The lowest BCUT2D eigenvalue weighted by Gasteiger charge is -2.05. The maximum absolute atomic E-state index is 11.0. The molecule has 0 atom stereocenters. The maximum atomic E-state index is 11.0. The number of hydrogen-bond acceptors (Lipinski definition) is 2. The molecule has 0 aromatic carbocycles. The van der Waals surface area contributed by atoms with E-state index in [4.69, 9.17) is 17.0 Å². The van der Waals surface area contributed by atoms with Crippen molar-refractivity contribution < 1.29 is 10.0 Å². The molecule has 0 aliphatic heterocycles. The molecule has 1 amide bonds. The Morgan fingerprint density at radius 3 is 1.58 bits per heavy atom. The molecule has 19 heavy (non-hydrogen) atoms. The van der Waals surface area contributed by atoms with E-state index < -0.39 is 5.91 Å². The fourth-order valence-electron chi connectivity index (χ4n) is 2.21. The van der Waals surface area contributed by atoms with Crippen LogP contribution in [0.5, 0.6) is 0 Å². The molecular formula is C15H30ClNO2. The van der Waals surface area contributed by atoms with Crippen molar-refractivity contribution in [3.8, 4) is 0 Å². The highest BCUT2D eigenvalue weighted by atomic mass is 35.5. The lowest BCUT2D eigenvalue weighted by molar-refractivity contribution is -0.146. The highest BCUT2D eigenvalue weighted by molar-refractivity contribution is 6.19. The minimum absolute atomic E-state index is 0.165. The minimum atomic E-state index is -0.409. The SMILES string of the molecule is CCCCCCCCCCCCCCC(=O)N(O)Cl. The lowest BCUT2D eigenvalue weighted by Crippen LogP contribution is -2.16. The number of nitrogens with zero attached hydrogens (tertiary/aromatic N) is 1. The molecular weight excluding hydrogens is 262 g/mol. The molecule has 4 heteroatoms. The zero-order chi connectivity index (χ0) is 14.3. The van der Waals surface area contributed by atoms with Crippen molar-refractivity contribution in [1.82, 2.24) is 4.58 Å². The van der Waals surface area contributed by atoms with Crippen LogP contribution in [0.3, 0.4) is 0 Å². The van der Waals surface area contributed by atoms with Gasteiger partial charge in [0.25, 0.3) is 5.91 Å². The Labute approximate surface area is 123 Å². The van der Waals surface area contributed by atoms with Crippen LogP contribution in [-0.4, -0.2) is 15.7 Å². The van der Waals surface area contributed by atoms with Gasteiger partial charge in [-0.1, -0.05) is 77.6 Å². The van der Waals surface area contributed by atoms with Gasteiger partial charge in [0.15, 0.2) is 0 Å². The zero-order valence-electron chi connectivity index (χ0n) is 12.4. The number of carbonyl (C=O) groups excluding carboxylic acids is 1. The van der Waals surface area contributed by atoms with Crippen LogP contribution in [0.1, 0.15) is 90.4 Å². The number of unbranched alkanes of at least 4 members (excludes halogenated alkanes) is 11. The molecule has 0 saturated heterocycles. The number of hydrogen-bond donors (Lipinski definition) is 1. The van der Waals surface area contributed by atoms with Crippen LogP contribution in [0.2, 0.25) is 0 Å². The lowest BCUT2D eigenvalue weighted by atomic mass is 10.0. The number of rotatable bonds is 13. The first-order chi connectivity index (χ1) is 9.18. The van der Waals surface area contributed by atoms with Crippen molar-refractivity contribution in [2.24, 2.45) is 0 Å². The van der Waals surface area contributed by atoms with E-state index in [2.05, 4.69) is 6.92 Å². The normalized spacial score (nSPS) is 10.7. The van der Waals surface area contributed by atoms with E-state index in [1.54, 1.807) is 0 Å². The first-order valence-corrected chi connectivity index (χ1v) is 8.20. The Balaban J connectivity index is 3.05. The molecule has 0 aromatic rings. The van der Waals surface area contributed by atoms with Crippen LogP contribution in [0.4, 0.5) is 0 Å². The molecule has 0 radical (unpaired) electrons. The summed E-state index contributed by atoms with van der Waals surface area (Å²) in [5.74, 6) is -0.409. The molecule has 0 unspecified atom stereocenters. The van der Waals surface area contributed by atoms with Crippen molar-refractivity contribution >= 4 is 17.7 Å². The average molecular weight is 292 g/mol. The number of hydroxylamine groups is 1. The topological polar surface area (TPSA) is 40.5 Å². The van der Waals surface area contributed by atoms with Crippen LogP contribution in [-0.2, 0) is 4.79 Å². The van der Waals surface area contributed by atoms with E-state index in [-0.39, 0.29) is 4.58 Å². The van der Waals surface area contributed by atoms with Crippen molar-refractivity contribution in [3.05, 3.63) is 0 Å². The highest BCUT2D eigenvalue weighted by Gasteiger charge is 2.06. The van der Waals surface area contributed by atoms with Crippen molar-refractivity contribution in [1.29, 1.82) is 0 Å². The monoisotopic (exact) mass is 291 g/mol. The Hall–Kier alpha value is -0.280. The van der Waals surface area contributed by atoms with E-state index in [1.807, 2.05) is 0 Å². The second-order valence-electron chi connectivity index (χ2n) is 5.29. The Morgan fingerprint density at radius 2 is 1.21 bits per heavy atom. The van der Waals surface area contributed by atoms with Gasteiger partial charge in [-0.05, 0) is 6.42 Å². The largest absolute Gasteiger partial charge is 0.271 e. The van der Waals surface area contributed by atoms with E-state index in [0.29, 0.717) is 6.42 Å². The van der Waals surface area contributed by atoms with Gasteiger partial charge in [0.2, 0.25) is 0 Å². The predicted octanol–water partition coefficient (Wildman–Crippen LogP) is 5.45. The van der Waals surface area contributed by atoms with Crippen LogP contribution in [0.15, 0.2) is 0 Å². The van der Waals surface area contributed by atoms with Crippen molar-refractivity contribution in [3.63, 3.8) is 0 Å². The summed E-state index contributed by atoms with van der Waals surface area (Å²) in [7, 11) is 0. The number of halogens is 1. The fourth-order valence-corrected chi connectivity index (χ4v) is 2.29. The van der Waals surface area contributed by atoms with Crippen LogP contribution in [0.25, 0.3) is 0 Å². The molecule has 0 rings (SSSR count). The Kier molecular flexibility index (Phi) is 13.9. The molecule has 114 valence electrons. The summed E-state index contributed by atoms with van der Waals surface area (Å²) in [5.41, 5.74) is 0. The summed E-state index contributed by atoms with van der Waals surface area (Å²) in [6.07, 6.45) is 15.5. The molecule has 1 N–H and O–H groups in total. The highest BCUT2D eigenvalue weighted by Crippen LogP contribution is 2.12. The van der Waals surface area contributed by atoms with Gasteiger partial charge < -0.3 is 0 Å². The third kappa shape index (κ3) is 13.9. The Bertz CT molecular complexity index is 210. The van der Waals surface area contributed by atoms with E-state index in [9.17, 15) is 4.79 Å². The second-order valence-corrected chi connectivity index (χ2v) is 5.61. The first-order valence-electron chi connectivity index (χ1n) is 7.86. The fraction of sp³-hybridized carbons (Fsp3) is 0.933. The summed E-state index contributed by atoms with van der Waals surface area (Å²) >= 11 is 5.11. The molecule has 0 spiro atoms. The van der Waals surface area contributed by atoms with E-state index in [0.717, 1.165) is 12.8 Å². The van der Waals surface area contributed by atoms with Gasteiger partial charge in [0.1, 0.15) is 0 Å². The summed E-state index contributed by atoms with van der Waals surface area (Å²) in [4.78, 5) is 11.0. The predicted molar refractivity (Wildman–Crippen MR) is 80.2 cm³/mol. The minimum Gasteiger partial charge on any atom is -0.271 e. The third-order valence-corrected chi connectivity index (χ3v) is 3.64. The van der Waals surface area contributed by atoms with Gasteiger partial charge in [-0.25, -0.2) is 0 Å². The quantitative estimate of drug-likeness (QED) is 0.212. The summed E-state index contributed by atoms with van der Waals surface area (Å²) < 4.78 is 0.165. The molecule has 0 aliphatic rings. The molecule has 3 nitrogen and oxygen atoms in total. The van der Waals surface area contributed by atoms with Gasteiger partial charge >= 0.3 is 0 Å². The molecule has 0 aliphatic carbocycles. The molecule has 0 saturated carbocycles. The maximum Gasteiger partial charge on any atom is 0.261 e. The van der Waals surface area contributed by atoms with Gasteiger partial charge in [-0.2, -0.15) is 0 Å². The van der Waals surface area contributed by atoms with Crippen LogP contribution >= 0.6 is 11.8 Å². The summed E-state index contributed by atoms with van der Waals surface area (Å²) in [6.45, 7) is 2.25. The standard InChI is InChI=1S/C15H30ClNO2/c1-2-3-4-5-6-7-8-9-10-11-12-13-14-15(18)17(16)19/h19H,2-14H2,1H3. The molecule has 0 bridgehead atoms. The van der Waals surface area contributed by atoms with Gasteiger partial charge in [-0.3, -0.25) is 10.0 Å². The van der Waals surface area contributed by atoms with Crippen molar-refractivity contribution in [2.75, 3.05) is 0 Å². The second kappa shape index (κ2) is 14.1. The molecule has 0 heterocycles. The first kappa shape index (κ1) is 18.7. The summed E-state index contributed by atoms with van der Waals surface area (Å²) in [5, 5.41) is 8.65. The molecule has 0 fully saturated rings. The number of amides is 1. The van der Waals surface area contributed by atoms with Crippen LogP contribution < -0.4 is 0 Å². The van der Waals surface area contributed by atoms with Gasteiger partial charge in [0, 0.05) is 18.2 Å². The van der Waals surface area contributed by atoms with E-state index in [1.165, 1.54) is 64.2 Å². The number of carbonyl (C=O) groups is 1.